The van der Waals surface area contributed by atoms with Gasteiger partial charge in [0.15, 0.2) is 6.04 Å². The topological polar surface area (TPSA) is 82.1 Å². The molecule has 0 heterocycles. The Bertz CT molecular complexity index is 963. The number of ketones is 1. The molecule has 0 N–H and O–H groups in total. The normalized spacial score (nSPS) is 12.3. The van der Waals surface area contributed by atoms with Crippen LogP contribution in [0.4, 0.5) is 0 Å². The van der Waals surface area contributed by atoms with Gasteiger partial charge in [-0.3, -0.25) is 9.59 Å². The predicted octanol–water partition coefficient (Wildman–Crippen LogP) is 4.17. The molecule has 0 aliphatic carbocycles. The molecule has 35 heavy (non-hydrogen) atoms. The molecule has 0 fully saturated rings. The van der Waals surface area contributed by atoms with Gasteiger partial charge in [0, 0.05) is 12.4 Å². The second-order valence-electron chi connectivity index (χ2n) is 7.89. The third-order valence-corrected chi connectivity index (χ3v) is 5.58. The highest BCUT2D eigenvalue weighted by Crippen LogP contribution is 2.20. The summed E-state index contributed by atoms with van der Waals surface area (Å²) < 4.78 is 16.3. The molecule has 8 heteroatoms. The van der Waals surface area contributed by atoms with E-state index >= 15 is 0 Å². The molecule has 1 amide bonds. The lowest BCUT2D eigenvalue weighted by Crippen LogP contribution is -2.51. The number of ether oxygens (including phenoxy) is 3. The fraction of sp³-hybridized carbons (Fsp3) is 0.370. The minimum absolute atomic E-state index is 0.0175. The highest BCUT2D eigenvalue weighted by molar-refractivity contribution is 6.18. The van der Waals surface area contributed by atoms with Crippen molar-refractivity contribution >= 4 is 29.3 Å². The summed E-state index contributed by atoms with van der Waals surface area (Å²) in [5.74, 6) is -1.66. The zero-order valence-electron chi connectivity index (χ0n) is 20.2. The fourth-order valence-corrected chi connectivity index (χ4v) is 3.68. The lowest BCUT2D eigenvalue weighted by atomic mass is 9.98. The van der Waals surface area contributed by atoms with Crippen molar-refractivity contribution in [1.29, 1.82) is 0 Å². The Hall–Kier alpha value is -3.16. The minimum atomic E-state index is -1.08. The van der Waals surface area contributed by atoms with Crippen LogP contribution in [-0.4, -0.2) is 54.8 Å². The van der Waals surface area contributed by atoms with Gasteiger partial charge in [-0.2, -0.15) is 0 Å². The maximum absolute atomic E-state index is 13.6. The first-order chi connectivity index (χ1) is 16.9. The van der Waals surface area contributed by atoms with Crippen molar-refractivity contribution < 1.29 is 28.6 Å². The van der Waals surface area contributed by atoms with Gasteiger partial charge in [-0.05, 0) is 36.6 Å². The first-order valence-electron chi connectivity index (χ1n) is 11.3. The summed E-state index contributed by atoms with van der Waals surface area (Å²) in [5, 5.41) is 0. The van der Waals surface area contributed by atoms with Gasteiger partial charge in [-0.25, -0.2) is 4.79 Å². The van der Waals surface area contributed by atoms with E-state index in [1.54, 1.807) is 31.4 Å². The number of hydrogen-bond acceptors (Lipinski definition) is 6. The third-order valence-electron chi connectivity index (χ3n) is 5.36. The number of nitrogens with zero attached hydrogens (tertiary/aromatic N) is 1. The van der Waals surface area contributed by atoms with E-state index in [2.05, 4.69) is 6.58 Å². The van der Waals surface area contributed by atoms with Gasteiger partial charge >= 0.3 is 5.97 Å². The van der Waals surface area contributed by atoms with E-state index < -0.39 is 23.8 Å². The number of methoxy groups -OCH3 is 1. The number of rotatable bonds is 15. The van der Waals surface area contributed by atoms with Crippen LogP contribution in [0.1, 0.15) is 24.5 Å². The van der Waals surface area contributed by atoms with Crippen LogP contribution in [0.5, 0.6) is 5.75 Å². The van der Waals surface area contributed by atoms with E-state index in [9.17, 15) is 14.4 Å². The van der Waals surface area contributed by atoms with Crippen LogP contribution in [0, 0.1) is 5.92 Å². The van der Waals surface area contributed by atoms with Gasteiger partial charge in [0.25, 0.3) is 0 Å². The van der Waals surface area contributed by atoms with Gasteiger partial charge in [0.05, 0.1) is 26.2 Å². The molecule has 0 aliphatic heterocycles. The van der Waals surface area contributed by atoms with E-state index in [0.29, 0.717) is 5.75 Å². The summed E-state index contributed by atoms with van der Waals surface area (Å²) in [6.45, 7) is 5.10. The average Bonchev–Trinajstić information content (AvgIpc) is 2.87. The van der Waals surface area contributed by atoms with E-state index in [0.717, 1.165) is 11.1 Å². The summed E-state index contributed by atoms with van der Waals surface area (Å²) >= 11 is 5.88. The highest BCUT2D eigenvalue weighted by atomic mass is 35.5. The van der Waals surface area contributed by atoms with Gasteiger partial charge in [0.1, 0.15) is 18.1 Å². The molecule has 0 saturated carbocycles. The number of Topliss-reactive ketones (excluding diaryl/α,β-unsaturated/α-hetero) is 1. The van der Waals surface area contributed by atoms with E-state index in [4.69, 9.17) is 25.8 Å². The quantitative estimate of drug-likeness (QED) is 0.158. The molecule has 0 aromatic heterocycles. The zero-order chi connectivity index (χ0) is 25.6. The van der Waals surface area contributed by atoms with Crippen molar-refractivity contribution in [3.63, 3.8) is 0 Å². The monoisotopic (exact) mass is 501 g/mol. The third kappa shape index (κ3) is 8.85. The van der Waals surface area contributed by atoms with E-state index in [-0.39, 0.29) is 44.4 Å². The summed E-state index contributed by atoms with van der Waals surface area (Å²) in [5.41, 5.74) is 1.67. The number of halogens is 1. The summed E-state index contributed by atoms with van der Waals surface area (Å²) in [4.78, 5) is 40.3. The van der Waals surface area contributed by atoms with Gasteiger partial charge < -0.3 is 19.1 Å². The SMILES string of the molecule is C=CCOC(=O)[C@@H](COCc1ccccc1)N(Cc1ccc(OC)cc1)C(=O)[C@H](CCCl)C(C)=O. The molecule has 2 aromatic carbocycles. The summed E-state index contributed by atoms with van der Waals surface area (Å²) in [7, 11) is 1.56. The van der Waals surface area contributed by atoms with Gasteiger partial charge in [-0.15, -0.1) is 11.6 Å². The Morgan fingerprint density at radius 3 is 2.31 bits per heavy atom. The van der Waals surface area contributed by atoms with E-state index in [1.165, 1.54) is 17.9 Å². The lowest BCUT2D eigenvalue weighted by molar-refractivity contribution is -0.160. The molecule has 0 radical (unpaired) electrons. The maximum atomic E-state index is 13.6. The van der Waals surface area contributed by atoms with Gasteiger partial charge in [0.2, 0.25) is 5.91 Å². The number of carbonyl (C=O) groups excluding carboxylic acids is 3. The molecule has 7 nitrogen and oxygen atoms in total. The Kier molecular flexibility index (Phi) is 12.0. The van der Waals surface area contributed by atoms with Gasteiger partial charge in [-0.1, -0.05) is 55.1 Å². The molecule has 2 atom stereocenters. The minimum Gasteiger partial charge on any atom is -0.497 e. The number of amides is 1. The number of hydrogen-bond donors (Lipinski definition) is 0. The number of esters is 1. The Balaban J connectivity index is 2.37. The Labute approximate surface area is 211 Å². The smallest absolute Gasteiger partial charge is 0.331 e. The molecule has 0 unspecified atom stereocenters. The molecule has 0 spiro atoms. The van der Waals surface area contributed by atoms with Crippen molar-refractivity contribution in [2.75, 3.05) is 26.2 Å². The van der Waals surface area contributed by atoms with E-state index in [1.807, 2.05) is 30.3 Å². The molecule has 2 rings (SSSR count). The highest BCUT2D eigenvalue weighted by Gasteiger charge is 2.36. The van der Waals surface area contributed by atoms with Crippen LogP contribution >= 0.6 is 11.6 Å². The molecule has 188 valence electrons. The fourth-order valence-electron chi connectivity index (χ4n) is 3.46. The van der Waals surface area contributed by atoms with Crippen molar-refractivity contribution in [3.8, 4) is 5.75 Å². The Morgan fingerprint density at radius 2 is 1.74 bits per heavy atom. The second kappa shape index (κ2) is 15.0. The van der Waals surface area contributed by atoms with Crippen LogP contribution in [0.25, 0.3) is 0 Å². The van der Waals surface area contributed by atoms with Crippen molar-refractivity contribution in [2.24, 2.45) is 5.92 Å². The van der Waals surface area contributed by atoms with Crippen LogP contribution in [0.3, 0.4) is 0 Å². The predicted molar refractivity (Wildman–Crippen MR) is 134 cm³/mol. The largest absolute Gasteiger partial charge is 0.497 e. The second-order valence-corrected chi connectivity index (χ2v) is 8.27. The van der Waals surface area contributed by atoms with Crippen molar-refractivity contribution in [3.05, 3.63) is 78.4 Å². The summed E-state index contributed by atoms with van der Waals surface area (Å²) in [6, 6.07) is 15.5. The molecule has 0 bridgehead atoms. The first kappa shape index (κ1) is 28.1. The molecule has 2 aromatic rings. The first-order valence-corrected chi connectivity index (χ1v) is 11.8. The number of carbonyl (C=O) groups is 3. The Morgan fingerprint density at radius 1 is 1.06 bits per heavy atom. The summed E-state index contributed by atoms with van der Waals surface area (Å²) in [6.07, 6.45) is 1.61. The molecular formula is C27H32ClNO6. The lowest BCUT2D eigenvalue weighted by Gasteiger charge is -2.32. The van der Waals surface area contributed by atoms with Crippen LogP contribution in [0.2, 0.25) is 0 Å². The van der Waals surface area contributed by atoms with Crippen LogP contribution < -0.4 is 4.74 Å². The zero-order valence-corrected chi connectivity index (χ0v) is 20.9. The van der Waals surface area contributed by atoms with Crippen molar-refractivity contribution in [2.45, 2.75) is 32.5 Å². The molecule has 0 saturated heterocycles. The average molecular weight is 502 g/mol. The standard InChI is InChI=1S/C27H32ClNO6/c1-4-16-35-27(32)25(19-34-18-22-8-6-5-7-9-22)29(26(31)24(14-15-28)20(2)30)17-21-10-12-23(33-3)13-11-21/h4-13,24-25H,1,14-19H2,2-3H3/t24-,25-/m1/s1. The molecular weight excluding hydrogens is 470 g/mol. The van der Waals surface area contributed by atoms with Crippen molar-refractivity contribution in [1.82, 2.24) is 4.90 Å². The number of benzene rings is 2. The maximum Gasteiger partial charge on any atom is 0.331 e. The molecule has 0 aliphatic rings. The number of alkyl halides is 1. The van der Waals surface area contributed by atoms with Crippen LogP contribution in [-0.2, 0) is 37.0 Å². The van der Waals surface area contributed by atoms with Crippen LogP contribution in [0.15, 0.2) is 67.3 Å².